The number of aryl methyl sites for hydroxylation is 1. The van der Waals surface area contributed by atoms with Crippen LogP contribution in [-0.2, 0) is 16.6 Å². The van der Waals surface area contributed by atoms with Crippen molar-refractivity contribution in [3.05, 3.63) is 42.2 Å². The molecule has 0 radical (unpaired) electrons. The molecule has 1 saturated carbocycles. The third-order valence-electron chi connectivity index (χ3n) is 9.40. The molecule has 1 aromatic carbocycles. The minimum absolute atomic E-state index is 0.0214. The van der Waals surface area contributed by atoms with E-state index in [1.54, 1.807) is 4.57 Å². The van der Waals surface area contributed by atoms with Crippen molar-refractivity contribution in [2.75, 3.05) is 25.5 Å². The molecular formula is C30H42N8O5. The molecule has 7 N–H and O–H groups in total. The van der Waals surface area contributed by atoms with E-state index in [0.29, 0.717) is 23.6 Å². The first kappa shape index (κ1) is 29.9. The normalized spacial score (nSPS) is 26.9. The van der Waals surface area contributed by atoms with Crippen LogP contribution in [0.3, 0.4) is 0 Å². The molecule has 1 unspecified atom stereocenters. The summed E-state index contributed by atoms with van der Waals surface area (Å²) in [6.45, 7) is 6.43. The Labute approximate surface area is 249 Å². The zero-order valence-corrected chi connectivity index (χ0v) is 24.8. The zero-order chi connectivity index (χ0) is 30.5. The van der Waals surface area contributed by atoms with E-state index >= 15 is 0 Å². The van der Waals surface area contributed by atoms with Gasteiger partial charge in [-0.15, -0.1) is 0 Å². The summed E-state index contributed by atoms with van der Waals surface area (Å²) in [6.07, 6.45) is 2.73. The maximum Gasteiger partial charge on any atom is 0.167 e. The monoisotopic (exact) mass is 594 g/mol. The van der Waals surface area contributed by atoms with Crippen LogP contribution in [0.2, 0.25) is 0 Å². The van der Waals surface area contributed by atoms with Gasteiger partial charge in [-0.1, -0.05) is 19.9 Å². The topological polar surface area (TPSA) is 192 Å². The van der Waals surface area contributed by atoms with Crippen molar-refractivity contribution in [3.8, 4) is 0 Å². The van der Waals surface area contributed by atoms with Gasteiger partial charge >= 0.3 is 0 Å². The number of aliphatic hydroxyl groups is 4. The van der Waals surface area contributed by atoms with Gasteiger partial charge in [-0.3, -0.25) is 9.47 Å². The minimum Gasteiger partial charge on any atom is -0.395 e. The number of benzene rings is 1. The number of nitrogens with zero attached hydrogens (tertiary/aromatic N) is 6. The Hall–Kier alpha value is -3.20. The molecule has 3 aromatic heterocycles. The highest BCUT2D eigenvalue weighted by molar-refractivity contribution is 5.81. The van der Waals surface area contributed by atoms with Crippen LogP contribution in [0, 0.1) is 5.92 Å². The van der Waals surface area contributed by atoms with Crippen molar-refractivity contribution >= 4 is 28.0 Å². The lowest BCUT2D eigenvalue weighted by Gasteiger charge is -2.46. The molecule has 1 aliphatic carbocycles. The largest absolute Gasteiger partial charge is 0.395 e. The minimum atomic E-state index is -1.19. The number of nitrogens with one attached hydrogen (secondary N) is 1. The fourth-order valence-electron chi connectivity index (χ4n) is 6.41. The molecule has 1 saturated heterocycles. The van der Waals surface area contributed by atoms with Gasteiger partial charge in [0, 0.05) is 30.5 Å². The number of hydrogen-bond donors (Lipinski definition) is 6. The Bertz CT molecular complexity index is 1570. The maximum atomic E-state index is 10.9. The van der Waals surface area contributed by atoms with Crippen molar-refractivity contribution in [1.29, 1.82) is 0 Å². The molecule has 4 heterocycles. The van der Waals surface area contributed by atoms with E-state index in [9.17, 15) is 20.4 Å². The number of fused-ring (bicyclic) bond motifs is 2. The van der Waals surface area contributed by atoms with Gasteiger partial charge in [-0.2, -0.15) is 0 Å². The molecule has 6 rings (SSSR count). The molecule has 0 spiro atoms. The molecule has 13 nitrogen and oxygen atoms in total. The second kappa shape index (κ2) is 11.7. The standard InChI is InChI=1S/C30H42N8O5/c1-16(12-39)37(11-22-25(41)26(42)29(43-22)38-15-34-24-27(31)32-14-33-28(24)38)19-8-17(9-19)4-7-23-35-20-6-5-18(10-21(20)36-23)30(2,3)13-40/h5-6,10,14-17,19,22,25-26,29,39-42H,4,7-9,11-13H2,1-3H3,(H,35,36)(H2,31,32,33)/t16?,17?,19?,22-,25-,26-,29-/m1/s1. The molecule has 0 bridgehead atoms. The van der Waals surface area contributed by atoms with Crippen molar-refractivity contribution in [2.45, 2.75) is 88.5 Å². The molecule has 2 fully saturated rings. The van der Waals surface area contributed by atoms with E-state index in [1.807, 2.05) is 32.9 Å². The van der Waals surface area contributed by atoms with Gasteiger partial charge in [0.2, 0.25) is 0 Å². The SMILES string of the molecule is CC(CO)N(C[C@H]1O[C@@H](n2cnc3c(N)ncnc32)[C@H](O)[C@@H]1O)C1CC(CCc2nc3ccc(C(C)(C)CO)cc3[nH]2)C1. The number of aliphatic hydroxyl groups excluding tert-OH is 4. The molecule has 13 heteroatoms. The average Bonchev–Trinajstić information content (AvgIpc) is 3.67. The van der Waals surface area contributed by atoms with Crippen LogP contribution in [0.4, 0.5) is 5.82 Å². The van der Waals surface area contributed by atoms with Crippen molar-refractivity contribution in [2.24, 2.45) is 5.92 Å². The van der Waals surface area contributed by atoms with E-state index in [1.165, 1.54) is 12.7 Å². The van der Waals surface area contributed by atoms with Crippen LogP contribution in [0.25, 0.3) is 22.2 Å². The van der Waals surface area contributed by atoms with Crippen LogP contribution >= 0.6 is 0 Å². The lowest BCUT2D eigenvalue weighted by molar-refractivity contribution is -0.0677. The third kappa shape index (κ3) is 5.61. The lowest BCUT2D eigenvalue weighted by atomic mass is 9.76. The highest BCUT2D eigenvalue weighted by Crippen LogP contribution is 2.38. The van der Waals surface area contributed by atoms with Crippen molar-refractivity contribution in [1.82, 2.24) is 34.4 Å². The second-order valence-electron chi connectivity index (χ2n) is 12.8. The zero-order valence-electron chi connectivity index (χ0n) is 24.8. The summed E-state index contributed by atoms with van der Waals surface area (Å²) in [5.74, 6) is 1.71. The van der Waals surface area contributed by atoms with Crippen LogP contribution < -0.4 is 5.73 Å². The van der Waals surface area contributed by atoms with E-state index < -0.39 is 24.5 Å². The summed E-state index contributed by atoms with van der Waals surface area (Å²) in [5, 5.41) is 41.6. The Balaban J connectivity index is 1.07. The quantitative estimate of drug-likeness (QED) is 0.147. The number of H-pyrrole nitrogens is 1. The average molecular weight is 595 g/mol. The number of hydrogen-bond acceptors (Lipinski definition) is 11. The summed E-state index contributed by atoms with van der Waals surface area (Å²) in [6, 6.07) is 6.22. The van der Waals surface area contributed by atoms with Crippen LogP contribution in [0.1, 0.15) is 57.6 Å². The Morgan fingerprint density at radius 1 is 1.16 bits per heavy atom. The van der Waals surface area contributed by atoms with Crippen LogP contribution in [-0.4, -0.2) is 105 Å². The number of aromatic amines is 1. The Kier molecular flexibility index (Phi) is 8.13. The molecule has 1 aliphatic heterocycles. The van der Waals surface area contributed by atoms with Gasteiger partial charge in [0.1, 0.15) is 36.0 Å². The highest BCUT2D eigenvalue weighted by atomic mass is 16.6. The third-order valence-corrected chi connectivity index (χ3v) is 9.40. The lowest BCUT2D eigenvalue weighted by Crippen LogP contribution is -2.54. The summed E-state index contributed by atoms with van der Waals surface area (Å²) >= 11 is 0. The molecule has 5 atom stereocenters. The number of aromatic nitrogens is 6. The fraction of sp³-hybridized carbons (Fsp3) is 0.600. The summed E-state index contributed by atoms with van der Waals surface area (Å²) < 4.78 is 7.77. The Morgan fingerprint density at radius 2 is 1.95 bits per heavy atom. The van der Waals surface area contributed by atoms with Crippen LogP contribution in [0.15, 0.2) is 30.9 Å². The highest BCUT2D eigenvalue weighted by Gasteiger charge is 2.47. The van der Waals surface area contributed by atoms with E-state index in [2.05, 4.69) is 30.9 Å². The molecular weight excluding hydrogens is 552 g/mol. The number of nitrogen functional groups attached to an aromatic ring is 1. The number of ether oxygens (including phenoxy) is 1. The second-order valence-corrected chi connectivity index (χ2v) is 12.8. The van der Waals surface area contributed by atoms with Gasteiger partial charge in [-0.05, 0) is 49.8 Å². The van der Waals surface area contributed by atoms with Crippen molar-refractivity contribution in [3.63, 3.8) is 0 Å². The fourth-order valence-corrected chi connectivity index (χ4v) is 6.41. The number of nitrogens with two attached hydrogens (primary N) is 1. The molecule has 232 valence electrons. The smallest absolute Gasteiger partial charge is 0.167 e. The van der Waals surface area contributed by atoms with E-state index in [-0.39, 0.29) is 36.5 Å². The van der Waals surface area contributed by atoms with Crippen LogP contribution in [0.5, 0.6) is 0 Å². The Morgan fingerprint density at radius 3 is 2.70 bits per heavy atom. The molecule has 0 amide bonds. The molecule has 43 heavy (non-hydrogen) atoms. The van der Waals surface area contributed by atoms with E-state index in [4.69, 9.17) is 15.5 Å². The van der Waals surface area contributed by atoms with E-state index in [0.717, 1.165) is 48.1 Å². The van der Waals surface area contributed by atoms with Crippen molar-refractivity contribution < 1.29 is 25.2 Å². The summed E-state index contributed by atoms with van der Waals surface area (Å²) in [4.78, 5) is 22.9. The van der Waals surface area contributed by atoms with Gasteiger partial charge < -0.3 is 35.9 Å². The first-order valence-electron chi connectivity index (χ1n) is 15.0. The summed E-state index contributed by atoms with van der Waals surface area (Å²) in [7, 11) is 0. The maximum absolute atomic E-state index is 10.9. The predicted octanol–water partition coefficient (Wildman–Crippen LogP) is 1.27. The number of imidazole rings is 2. The molecule has 4 aromatic rings. The molecule has 2 aliphatic rings. The van der Waals surface area contributed by atoms with Gasteiger partial charge in [0.05, 0.1) is 30.6 Å². The summed E-state index contributed by atoms with van der Waals surface area (Å²) in [5.41, 5.74) is 9.42. The van der Waals surface area contributed by atoms with Gasteiger partial charge in [-0.25, -0.2) is 19.9 Å². The predicted molar refractivity (Wildman–Crippen MR) is 160 cm³/mol. The first-order valence-corrected chi connectivity index (χ1v) is 15.0. The number of anilines is 1. The number of rotatable bonds is 11. The van der Waals surface area contributed by atoms with Gasteiger partial charge in [0.25, 0.3) is 0 Å². The van der Waals surface area contributed by atoms with Gasteiger partial charge in [0.15, 0.2) is 17.7 Å². The first-order chi connectivity index (χ1) is 20.6.